The predicted molar refractivity (Wildman–Crippen MR) is 34.0 cm³/mol. The lowest BCUT2D eigenvalue weighted by Gasteiger charge is -2.43. The van der Waals surface area contributed by atoms with E-state index < -0.39 is 6.17 Å². The van der Waals surface area contributed by atoms with Gasteiger partial charge < -0.3 is 5.32 Å². The molecular weight excluding hydrogens is 117 g/mol. The second-order valence-corrected chi connectivity index (χ2v) is 3.11. The van der Waals surface area contributed by atoms with Crippen LogP contribution in [0, 0.1) is 5.92 Å². The van der Waals surface area contributed by atoms with E-state index in [2.05, 4.69) is 5.32 Å². The molecule has 1 nitrogen and oxygen atoms in total. The van der Waals surface area contributed by atoms with Gasteiger partial charge in [0.25, 0.3) is 0 Å². The predicted octanol–water partition coefficient (Wildman–Crippen LogP) is 1.10. The van der Waals surface area contributed by atoms with E-state index >= 15 is 0 Å². The Balaban J connectivity index is 1.98. The van der Waals surface area contributed by atoms with Crippen LogP contribution in [0.25, 0.3) is 0 Å². The Morgan fingerprint density at radius 1 is 1.22 bits per heavy atom. The first-order chi connectivity index (χ1) is 4.38. The van der Waals surface area contributed by atoms with E-state index in [1.165, 1.54) is 6.42 Å². The van der Waals surface area contributed by atoms with Crippen molar-refractivity contribution in [2.24, 2.45) is 5.92 Å². The minimum absolute atomic E-state index is 0.374. The fourth-order valence-corrected chi connectivity index (χ4v) is 1.83. The highest BCUT2D eigenvalue weighted by atomic mass is 19.1. The SMILES string of the molecule is FC1CCNC2CCC12. The van der Waals surface area contributed by atoms with Gasteiger partial charge in [0.2, 0.25) is 0 Å². The summed E-state index contributed by atoms with van der Waals surface area (Å²) in [5.41, 5.74) is 0. The summed E-state index contributed by atoms with van der Waals surface area (Å²) in [4.78, 5) is 0. The Labute approximate surface area is 54.6 Å². The smallest absolute Gasteiger partial charge is 0.106 e. The topological polar surface area (TPSA) is 12.0 Å². The molecule has 3 unspecified atom stereocenters. The Bertz CT molecular complexity index is 109. The number of nitrogens with one attached hydrogen (secondary N) is 1. The van der Waals surface area contributed by atoms with Crippen LogP contribution in [0.4, 0.5) is 4.39 Å². The molecule has 3 atom stereocenters. The maximum absolute atomic E-state index is 12.8. The van der Waals surface area contributed by atoms with Gasteiger partial charge in [-0.1, -0.05) is 0 Å². The normalized spacial score (nSPS) is 49.7. The largest absolute Gasteiger partial charge is 0.313 e. The van der Waals surface area contributed by atoms with Crippen molar-refractivity contribution in [3.63, 3.8) is 0 Å². The Kier molecular flexibility index (Phi) is 1.22. The molecule has 1 saturated heterocycles. The molecule has 52 valence electrons. The van der Waals surface area contributed by atoms with Gasteiger partial charge in [-0.3, -0.25) is 0 Å². The zero-order chi connectivity index (χ0) is 6.27. The van der Waals surface area contributed by atoms with Gasteiger partial charge >= 0.3 is 0 Å². The third kappa shape index (κ3) is 0.767. The van der Waals surface area contributed by atoms with Gasteiger partial charge in [0.1, 0.15) is 6.17 Å². The maximum Gasteiger partial charge on any atom is 0.106 e. The number of fused-ring (bicyclic) bond motifs is 1. The minimum atomic E-state index is -0.495. The molecule has 0 bridgehead atoms. The first-order valence-corrected chi connectivity index (χ1v) is 3.75. The monoisotopic (exact) mass is 129 g/mol. The lowest BCUT2D eigenvalue weighted by Crippen LogP contribution is -2.53. The van der Waals surface area contributed by atoms with Crippen LogP contribution in [0.15, 0.2) is 0 Å². The molecule has 0 radical (unpaired) electrons. The Morgan fingerprint density at radius 2 is 2.11 bits per heavy atom. The molecule has 2 aliphatic rings. The second kappa shape index (κ2) is 1.94. The molecule has 1 saturated carbocycles. The zero-order valence-corrected chi connectivity index (χ0v) is 5.44. The van der Waals surface area contributed by atoms with E-state index in [0.717, 1.165) is 19.4 Å². The molecule has 2 fully saturated rings. The molecule has 0 aromatic rings. The quantitative estimate of drug-likeness (QED) is 0.516. The van der Waals surface area contributed by atoms with Crippen molar-refractivity contribution < 1.29 is 4.39 Å². The highest BCUT2D eigenvalue weighted by Crippen LogP contribution is 2.35. The molecule has 2 rings (SSSR count). The van der Waals surface area contributed by atoms with Gasteiger partial charge in [0.15, 0.2) is 0 Å². The van der Waals surface area contributed by atoms with Crippen LogP contribution in [0.2, 0.25) is 0 Å². The average Bonchev–Trinajstić information content (AvgIpc) is 1.74. The fraction of sp³-hybridized carbons (Fsp3) is 1.00. The van der Waals surface area contributed by atoms with Crippen molar-refractivity contribution in [1.29, 1.82) is 0 Å². The van der Waals surface area contributed by atoms with Crippen molar-refractivity contribution in [2.45, 2.75) is 31.5 Å². The standard InChI is InChI=1S/C7H12FN/c8-6-3-4-9-7-2-1-5(6)7/h5-7,9H,1-4H2. The highest BCUT2D eigenvalue weighted by Gasteiger charge is 2.39. The summed E-state index contributed by atoms with van der Waals surface area (Å²) in [5, 5.41) is 3.31. The average molecular weight is 129 g/mol. The summed E-state index contributed by atoms with van der Waals surface area (Å²) in [5.74, 6) is 0.374. The summed E-state index contributed by atoms with van der Waals surface area (Å²) in [7, 11) is 0. The molecule has 0 aromatic carbocycles. The third-order valence-corrected chi connectivity index (χ3v) is 2.62. The van der Waals surface area contributed by atoms with Crippen LogP contribution in [0.5, 0.6) is 0 Å². The highest BCUT2D eigenvalue weighted by molar-refractivity contribution is 4.94. The van der Waals surface area contributed by atoms with Gasteiger partial charge in [-0.05, 0) is 25.8 Å². The number of piperidine rings is 1. The van der Waals surface area contributed by atoms with Gasteiger partial charge in [0, 0.05) is 12.0 Å². The van der Waals surface area contributed by atoms with Crippen molar-refractivity contribution in [1.82, 2.24) is 5.32 Å². The van der Waals surface area contributed by atoms with Crippen molar-refractivity contribution in [3.8, 4) is 0 Å². The van der Waals surface area contributed by atoms with Gasteiger partial charge in [-0.2, -0.15) is 0 Å². The summed E-state index contributed by atoms with van der Waals surface area (Å²) < 4.78 is 12.8. The fourth-order valence-electron chi connectivity index (χ4n) is 1.83. The molecule has 1 aliphatic carbocycles. The molecular formula is C7H12FN. The molecule has 9 heavy (non-hydrogen) atoms. The number of hydrogen-bond donors (Lipinski definition) is 1. The first-order valence-electron chi connectivity index (χ1n) is 3.75. The van der Waals surface area contributed by atoms with Crippen LogP contribution >= 0.6 is 0 Å². The first kappa shape index (κ1) is 5.66. The van der Waals surface area contributed by atoms with E-state index in [1.54, 1.807) is 0 Å². The molecule has 1 N–H and O–H groups in total. The molecule has 1 heterocycles. The van der Waals surface area contributed by atoms with Crippen molar-refractivity contribution >= 4 is 0 Å². The molecule has 1 aliphatic heterocycles. The van der Waals surface area contributed by atoms with Crippen LogP contribution in [0.1, 0.15) is 19.3 Å². The zero-order valence-electron chi connectivity index (χ0n) is 5.44. The van der Waals surface area contributed by atoms with Crippen LogP contribution in [-0.2, 0) is 0 Å². The lowest BCUT2D eigenvalue weighted by atomic mass is 9.73. The lowest BCUT2D eigenvalue weighted by molar-refractivity contribution is 0.0617. The van der Waals surface area contributed by atoms with E-state index in [-0.39, 0.29) is 0 Å². The summed E-state index contributed by atoms with van der Waals surface area (Å²) in [6.45, 7) is 0.891. The minimum Gasteiger partial charge on any atom is -0.313 e. The van der Waals surface area contributed by atoms with Crippen LogP contribution in [0.3, 0.4) is 0 Å². The number of halogens is 1. The van der Waals surface area contributed by atoms with Crippen LogP contribution < -0.4 is 5.32 Å². The van der Waals surface area contributed by atoms with E-state index in [9.17, 15) is 4.39 Å². The maximum atomic E-state index is 12.8. The number of alkyl halides is 1. The van der Waals surface area contributed by atoms with Crippen LogP contribution in [-0.4, -0.2) is 18.8 Å². The summed E-state index contributed by atoms with van der Waals surface area (Å²) in [6, 6.07) is 0.536. The van der Waals surface area contributed by atoms with E-state index in [1.807, 2.05) is 0 Å². The summed E-state index contributed by atoms with van der Waals surface area (Å²) in [6.07, 6.45) is 2.55. The Hall–Kier alpha value is -0.110. The van der Waals surface area contributed by atoms with Crippen molar-refractivity contribution in [3.05, 3.63) is 0 Å². The molecule has 2 heteroatoms. The molecule has 0 amide bonds. The molecule has 0 aromatic heterocycles. The Morgan fingerprint density at radius 3 is 2.56 bits per heavy atom. The third-order valence-electron chi connectivity index (χ3n) is 2.62. The van der Waals surface area contributed by atoms with Gasteiger partial charge in [0.05, 0.1) is 0 Å². The van der Waals surface area contributed by atoms with Crippen molar-refractivity contribution in [2.75, 3.05) is 6.54 Å². The molecule has 0 spiro atoms. The number of rotatable bonds is 0. The van der Waals surface area contributed by atoms with Gasteiger partial charge in [-0.15, -0.1) is 0 Å². The van der Waals surface area contributed by atoms with E-state index in [0.29, 0.717) is 12.0 Å². The van der Waals surface area contributed by atoms with Gasteiger partial charge in [-0.25, -0.2) is 4.39 Å². The number of hydrogen-bond acceptors (Lipinski definition) is 1. The van der Waals surface area contributed by atoms with E-state index in [4.69, 9.17) is 0 Å². The second-order valence-electron chi connectivity index (χ2n) is 3.11. The summed E-state index contributed by atoms with van der Waals surface area (Å²) >= 11 is 0.